The lowest BCUT2D eigenvalue weighted by Crippen LogP contribution is -2.50. The molecule has 2 aliphatic rings. The summed E-state index contributed by atoms with van der Waals surface area (Å²) in [4.78, 5) is 27.2. The number of nitrogens with zero attached hydrogens (tertiary/aromatic N) is 1. The van der Waals surface area contributed by atoms with Gasteiger partial charge in [0, 0.05) is 35.4 Å². The van der Waals surface area contributed by atoms with Crippen LogP contribution in [0.15, 0.2) is 6.07 Å². The van der Waals surface area contributed by atoms with Gasteiger partial charge < -0.3 is 25.0 Å². The number of carbonyl (C=O) groups is 2. The topological polar surface area (TPSA) is 79.9 Å². The lowest BCUT2D eigenvalue weighted by molar-refractivity contribution is -0.148. The number of rotatable bonds is 9. The van der Waals surface area contributed by atoms with E-state index < -0.39 is 24.3 Å². The van der Waals surface area contributed by atoms with Gasteiger partial charge in [0.2, 0.25) is 0 Å². The van der Waals surface area contributed by atoms with E-state index in [0.717, 1.165) is 29.1 Å². The summed E-state index contributed by atoms with van der Waals surface area (Å²) in [5.74, 6) is -1.72. The number of alkyl carbamates (subject to hydrolysis) is 1. The van der Waals surface area contributed by atoms with E-state index in [1.54, 1.807) is 11.0 Å². The molecule has 1 saturated carbocycles. The third kappa shape index (κ3) is 6.60. The van der Waals surface area contributed by atoms with Crippen molar-refractivity contribution in [3.63, 3.8) is 0 Å². The highest BCUT2D eigenvalue weighted by atomic mass is 32.1. The molecule has 1 aliphatic carbocycles. The summed E-state index contributed by atoms with van der Waals surface area (Å²) in [6.45, 7) is 4.94. The van der Waals surface area contributed by atoms with Crippen LogP contribution in [0.4, 0.5) is 18.0 Å². The van der Waals surface area contributed by atoms with Crippen LogP contribution in [0.5, 0.6) is 0 Å². The van der Waals surface area contributed by atoms with Crippen molar-refractivity contribution in [2.24, 2.45) is 0 Å². The van der Waals surface area contributed by atoms with Gasteiger partial charge >= 0.3 is 12.3 Å². The molecule has 2 N–H and O–H groups in total. The summed E-state index contributed by atoms with van der Waals surface area (Å²) in [5, 5.41) is 5.71. The second kappa shape index (κ2) is 11.1. The normalized spacial score (nSPS) is 20.7. The van der Waals surface area contributed by atoms with Gasteiger partial charge in [-0.3, -0.25) is 4.79 Å². The zero-order chi connectivity index (χ0) is 24.2. The average molecular weight is 492 g/mol. The maximum absolute atomic E-state index is 13.6. The van der Waals surface area contributed by atoms with E-state index in [0.29, 0.717) is 44.6 Å². The Bertz CT molecular complexity index is 822. The van der Waals surface area contributed by atoms with Crippen LogP contribution in [0.2, 0.25) is 0 Å². The van der Waals surface area contributed by atoms with Crippen LogP contribution in [-0.2, 0) is 20.7 Å². The van der Waals surface area contributed by atoms with E-state index in [-0.39, 0.29) is 22.9 Å². The molecule has 33 heavy (non-hydrogen) atoms. The van der Waals surface area contributed by atoms with Crippen LogP contribution < -0.4 is 10.6 Å². The molecule has 11 heteroatoms. The number of ether oxygens (including phenoxy) is 2. The molecule has 186 valence electrons. The lowest BCUT2D eigenvalue weighted by Gasteiger charge is -2.33. The summed E-state index contributed by atoms with van der Waals surface area (Å²) in [6, 6.07) is 1.55. The first-order valence-corrected chi connectivity index (χ1v) is 12.1. The highest BCUT2D eigenvalue weighted by Gasteiger charge is 2.42. The molecule has 1 aromatic heterocycles. The number of alkyl halides is 3. The largest absolute Gasteiger partial charge is 0.453 e. The molecule has 7 nitrogen and oxygen atoms in total. The molecular weight excluding hydrogens is 459 g/mol. The van der Waals surface area contributed by atoms with Crippen molar-refractivity contribution in [3.05, 3.63) is 21.4 Å². The van der Waals surface area contributed by atoms with Crippen molar-refractivity contribution in [3.8, 4) is 0 Å². The molecule has 3 atom stereocenters. The van der Waals surface area contributed by atoms with Crippen molar-refractivity contribution in [2.45, 2.75) is 69.8 Å². The molecule has 1 saturated heterocycles. The van der Waals surface area contributed by atoms with Gasteiger partial charge in [-0.15, -0.1) is 11.3 Å². The SMILES string of the molecule is COC(=O)NCCCc1cc(C(C)N(C(=O)[C@H]2CNCCO2)C2CC2)sc1C(C)C(F)(F)F. The van der Waals surface area contributed by atoms with Crippen LogP contribution in [0.1, 0.15) is 60.4 Å². The van der Waals surface area contributed by atoms with Crippen molar-refractivity contribution in [1.29, 1.82) is 0 Å². The first-order valence-electron chi connectivity index (χ1n) is 11.3. The van der Waals surface area contributed by atoms with Gasteiger partial charge in [0.25, 0.3) is 5.91 Å². The number of halogens is 3. The van der Waals surface area contributed by atoms with Crippen molar-refractivity contribution in [2.75, 3.05) is 33.4 Å². The zero-order valence-electron chi connectivity index (χ0n) is 19.2. The molecule has 2 amide bonds. The van der Waals surface area contributed by atoms with Crippen LogP contribution in [0.3, 0.4) is 0 Å². The first-order chi connectivity index (χ1) is 15.6. The summed E-state index contributed by atoms with van der Waals surface area (Å²) in [7, 11) is 1.26. The Balaban J connectivity index is 1.80. The van der Waals surface area contributed by atoms with Crippen molar-refractivity contribution in [1.82, 2.24) is 15.5 Å². The standard InChI is InChI=1S/C22H32F3N3O4S/c1-13(22(23,24)25)19-15(5-4-8-27-21(30)31-3)11-18(33-19)14(2)28(16-6-7-16)20(29)17-12-26-9-10-32-17/h11,13-14,16-17,26H,4-10,12H2,1-3H3,(H,27,30)/t13?,14?,17-/m1/s1. The quantitative estimate of drug-likeness (QED) is 0.515. The number of methoxy groups -OCH3 is 1. The number of amides is 2. The number of nitrogens with one attached hydrogen (secondary N) is 2. The Morgan fingerprint density at radius 2 is 2.09 bits per heavy atom. The fourth-order valence-corrected chi connectivity index (χ4v) is 5.33. The molecule has 2 fully saturated rings. The highest BCUT2D eigenvalue weighted by Crippen LogP contribution is 2.44. The Morgan fingerprint density at radius 3 is 2.67 bits per heavy atom. The van der Waals surface area contributed by atoms with Gasteiger partial charge in [-0.25, -0.2) is 4.79 Å². The van der Waals surface area contributed by atoms with E-state index in [1.807, 2.05) is 6.92 Å². The molecule has 0 bridgehead atoms. The summed E-state index contributed by atoms with van der Waals surface area (Å²) in [6.07, 6.45) is -2.87. The molecule has 0 radical (unpaired) electrons. The number of thiophene rings is 1. The number of morpholine rings is 1. The Hall–Kier alpha value is -1.85. The van der Waals surface area contributed by atoms with Gasteiger partial charge in [-0.2, -0.15) is 13.2 Å². The van der Waals surface area contributed by atoms with Gasteiger partial charge in [0.05, 0.1) is 25.7 Å². The van der Waals surface area contributed by atoms with Crippen LogP contribution in [-0.4, -0.2) is 68.6 Å². The average Bonchev–Trinajstić information content (AvgIpc) is 3.53. The third-order valence-electron chi connectivity index (χ3n) is 6.05. The fourth-order valence-electron chi connectivity index (χ4n) is 3.99. The predicted octanol–water partition coefficient (Wildman–Crippen LogP) is 3.74. The molecular formula is C22H32F3N3O4S. The Labute approximate surface area is 196 Å². The molecule has 2 heterocycles. The molecule has 1 aliphatic heterocycles. The van der Waals surface area contributed by atoms with Crippen LogP contribution in [0, 0.1) is 0 Å². The predicted molar refractivity (Wildman–Crippen MR) is 118 cm³/mol. The minimum absolute atomic E-state index is 0.0938. The van der Waals surface area contributed by atoms with Crippen LogP contribution in [0.25, 0.3) is 0 Å². The zero-order valence-corrected chi connectivity index (χ0v) is 20.0. The summed E-state index contributed by atoms with van der Waals surface area (Å²) >= 11 is 1.13. The second-order valence-electron chi connectivity index (χ2n) is 8.54. The van der Waals surface area contributed by atoms with Crippen molar-refractivity contribution >= 4 is 23.3 Å². The fraction of sp³-hybridized carbons (Fsp3) is 0.727. The Morgan fingerprint density at radius 1 is 1.36 bits per heavy atom. The van der Waals surface area contributed by atoms with Crippen molar-refractivity contribution < 1.29 is 32.2 Å². The number of hydrogen-bond donors (Lipinski definition) is 2. The third-order valence-corrected chi connectivity index (χ3v) is 7.58. The summed E-state index contributed by atoms with van der Waals surface area (Å²) < 4.78 is 50.9. The maximum atomic E-state index is 13.6. The number of aryl methyl sites for hydroxylation is 1. The maximum Gasteiger partial charge on any atom is 0.406 e. The minimum atomic E-state index is -4.36. The smallest absolute Gasteiger partial charge is 0.406 e. The Kier molecular flexibility index (Phi) is 8.63. The number of carbonyl (C=O) groups excluding carboxylic acids is 2. The molecule has 0 aromatic carbocycles. The first kappa shape index (κ1) is 25.8. The van der Waals surface area contributed by atoms with Gasteiger partial charge in [-0.1, -0.05) is 0 Å². The number of hydrogen-bond acceptors (Lipinski definition) is 6. The summed E-state index contributed by atoms with van der Waals surface area (Å²) in [5.41, 5.74) is 0.608. The monoisotopic (exact) mass is 491 g/mol. The van der Waals surface area contributed by atoms with Gasteiger partial charge in [-0.05, 0) is 51.2 Å². The van der Waals surface area contributed by atoms with E-state index in [1.165, 1.54) is 14.0 Å². The van der Waals surface area contributed by atoms with Crippen LogP contribution >= 0.6 is 11.3 Å². The second-order valence-corrected chi connectivity index (χ2v) is 9.66. The minimum Gasteiger partial charge on any atom is -0.453 e. The molecule has 2 unspecified atom stereocenters. The van der Waals surface area contributed by atoms with E-state index in [2.05, 4.69) is 15.4 Å². The molecule has 0 spiro atoms. The van der Waals surface area contributed by atoms with E-state index in [4.69, 9.17) is 4.74 Å². The molecule has 1 aromatic rings. The molecule has 3 rings (SSSR count). The van der Waals surface area contributed by atoms with Gasteiger partial charge in [0.1, 0.15) is 6.10 Å². The van der Waals surface area contributed by atoms with Gasteiger partial charge in [0.15, 0.2) is 0 Å². The lowest BCUT2D eigenvalue weighted by atomic mass is 10.0. The highest BCUT2D eigenvalue weighted by molar-refractivity contribution is 7.12. The van der Waals surface area contributed by atoms with E-state index >= 15 is 0 Å². The van der Waals surface area contributed by atoms with E-state index in [9.17, 15) is 22.8 Å².